The highest BCUT2D eigenvalue weighted by molar-refractivity contribution is 8.00. The van der Waals surface area contributed by atoms with Crippen molar-refractivity contribution in [2.24, 2.45) is 5.16 Å². The van der Waals surface area contributed by atoms with Gasteiger partial charge in [0.1, 0.15) is 29.1 Å². The van der Waals surface area contributed by atoms with E-state index in [-0.39, 0.29) is 28.4 Å². The first kappa shape index (κ1) is 26.2. The zero-order valence-electron chi connectivity index (χ0n) is 20.4. The van der Waals surface area contributed by atoms with Gasteiger partial charge in [0, 0.05) is 23.6 Å². The normalized spacial score (nSPS) is 21.8. The van der Waals surface area contributed by atoms with Gasteiger partial charge in [0.15, 0.2) is 5.13 Å². The molecule has 15 heteroatoms. The van der Waals surface area contributed by atoms with Crippen LogP contribution in [0.25, 0.3) is 0 Å². The molecule has 4 N–H and O–H groups in total. The number of fused-ring (bicyclic) bond motifs is 1. The van der Waals surface area contributed by atoms with Crippen LogP contribution in [0.4, 0.5) is 10.8 Å². The van der Waals surface area contributed by atoms with Crippen LogP contribution in [0.1, 0.15) is 6.42 Å². The Morgan fingerprint density at radius 2 is 2.05 bits per heavy atom. The molecule has 2 atom stereocenters. The van der Waals surface area contributed by atoms with E-state index in [4.69, 9.17) is 15.3 Å². The van der Waals surface area contributed by atoms with E-state index in [1.165, 1.54) is 17.1 Å². The molecule has 1 aromatic carbocycles. The van der Waals surface area contributed by atoms with E-state index in [9.17, 15) is 24.3 Å². The number of nitrogens with zero attached hydrogens (tertiary/aromatic N) is 4. The Labute approximate surface area is 229 Å². The van der Waals surface area contributed by atoms with Crippen LogP contribution in [0.3, 0.4) is 0 Å². The fraction of sp³-hybridized carbons (Fsp3) is 0.250. The van der Waals surface area contributed by atoms with Crippen molar-refractivity contribution in [2.75, 3.05) is 30.0 Å². The summed E-state index contributed by atoms with van der Waals surface area (Å²) in [6.45, 7) is 0.445. The molecule has 1 aromatic heterocycles. The van der Waals surface area contributed by atoms with Crippen LogP contribution in [0.2, 0.25) is 0 Å². The topological polar surface area (TPSA) is 177 Å². The number of benzene rings is 1. The second-order valence-electron chi connectivity index (χ2n) is 8.50. The number of rotatable bonds is 8. The number of thiazole rings is 1. The minimum absolute atomic E-state index is 0.126. The average Bonchev–Trinajstić information content (AvgIpc) is 3.51. The van der Waals surface area contributed by atoms with Crippen molar-refractivity contribution in [1.82, 2.24) is 15.2 Å². The summed E-state index contributed by atoms with van der Waals surface area (Å²) in [5.41, 5.74) is 6.81. The number of thioether (sulfide) groups is 1. The maximum absolute atomic E-state index is 13.1. The lowest BCUT2D eigenvalue weighted by Gasteiger charge is -2.49. The number of carboxylic acid groups (broad SMARTS) is 1. The van der Waals surface area contributed by atoms with E-state index >= 15 is 0 Å². The number of ether oxygens (including phenoxy) is 1. The molecular weight excluding hydrogens is 548 g/mol. The van der Waals surface area contributed by atoms with Gasteiger partial charge in [0.25, 0.3) is 23.6 Å². The predicted octanol–water partition coefficient (Wildman–Crippen LogP) is 1.20. The number of carbonyl (C=O) groups excluding carboxylic acids is 3. The summed E-state index contributed by atoms with van der Waals surface area (Å²) < 4.78 is 5.16. The van der Waals surface area contributed by atoms with Crippen LogP contribution in [0.5, 0.6) is 11.6 Å². The summed E-state index contributed by atoms with van der Waals surface area (Å²) in [5, 5.41) is 17.1. The summed E-state index contributed by atoms with van der Waals surface area (Å²) >= 11 is 2.44. The molecule has 2 aromatic rings. The van der Waals surface area contributed by atoms with E-state index < -0.39 is 29.2 Å². The molecule has 2 unspecified atom stereocenters. The third kappa shape index (κ3) is 5.18. The number of anilines is 2. The molecule has 2 fully saturated rings. The monoisotopic (exact) mass is 570 g/mol. The maximum atomic E-state index is 13.1. The van der Waals surface area contributed by atoms with Crippen LogP contribution < -0.4 is 25.5 Å². The van der Waals surface area contributed by atoms with Crippen LogP contribution in [-0.4, -0.2) is 75.7 Å². The number of aromatic nitrogens is 1. The van der Waals surface area contributed by atoms with Gasteiger partial charge in [-0.2, -0.15) is 4.98 Å². The van der Waals surface area contributed by atoms with Crippen LogP contribution in [-0.2, 0) is 19.2 Å². The summed E-state index contributed by atoms with van der Waals surface area (Å²) in [4.78, 5) is 61.9. The largest absolute Gasteiger partial charge is 0.497 e. The minimum atomic E-state index is -1.29. The number of allylic oxidation sites excluding steroid dienone is 1. The van der Waals surface area contributed by atoms with E-state index in [2.05, 4.69) is 15.5 Å². The molecule has 0 bridgehead atoms. The molecule has 4 heterocycles. The Balaban J connectivity index is 1.27. The SMILES string of the molecule is COc1ccc(N2CC/C(=C\C3=C(C(=O)O)N4C(=O)C(NC(=O)/C=N/Oc5csc(N)n5)C4SC3)C2=O)cc1. The highest BCUT2D eigenvalue weighted by Gasteiger charge is 2.54. The first-order chi connectivity index (χ1) is 18.8. The number of β-lactam (4-membered cyclic amide) rings is 1. The van der Waals surface area contributed by atoms with Crippen LogP contribution in [0, 0.1) is 0 Å². The zero-order chi connectivity index (χ0) is 27.7. The first-order valence-electron chi connectivity index (χ1n) is 11.6. The van der Waals surface area contributed by atoms with Crippen molar-refractivity contribution >= 4 is 63.8 Å². The molecule has 202 valence electrons. The molecule has 13 nitrogen and oxygen atoms in total. The zero-order valence-corrected chi connectivity index (χ0v) is 22.0. The van der Waals surface area contributed by atoms with Gasteiger partial charge in [-0.1, -0.05) is 5.16 Å². The molecule has 3 amide bonds. The molecule has 2 saturated heterocycles. The summed E-state index contributed by atoms with van der Waals surface area (Å²) in [7, 11) is 1.56. The lowest BCUT2D eigenvalue weighted by atomic mass is 10.0. The Kier molecular flexibility index (Phi) is 7.26. The summed E-state index contributed by atoms with van der Waals surface area (Å²) in [6, 6.07) is 6.14. The van der Waals surface area contributed by atoms with E-state index in [0.717, 1.165) is 22.5 Å². The second-order valence-corrected chi connectivity index (χ2v) is 10.5. The number of aliphatic carboxylic acids is 1. The molecule has 39 heavy (non-hydrogen) atoms. The molecule has 0 radical (unpaired) electrons. The van der Waals surface area contributed by atoms with E-state index in [1.807, 2.05) is 0 Å². The van der Waals surface area contributed by atoms with Crippen molar-refractivity contribution in [3.8, 4) is 11.6 Å². The van der Waals surface area contributed by atoms with Crippen molar-refractivity contribution in [1.29, 1.82) is 0 Å². The number of hydrogen-bond donors (Lipinski definition) is 3. The Morgan fingerprint density at radius 3 is 2.72 bits per heavy atom. The smallest absolute Gasteiger partial charge is 0.352 e. The number of nitrogens with two attached hydrogens (primary N) is 1. The Morgan fingerprint density at radius 1 is 1.28 bits per heavy atom. The highest BCUT2D eigenvalue weighted by Crippen LogP contribution is 2.41. The summed E-state index contributed by atoms with van der Waals surface area (Å²) in [5.74, 6) is -1.76. The third-order valence-corrected chi connectivity index (χ3v) is 8.13. The minimum Gasteiger partial charge on any atom is -0.497 e. The van der Waals surface area contributed by atoms with Crippen LogP contribution >= 0.6 is 23.1 Å². The van der Waals surface area contributed by atoms with Gasteiger partial charge in [-0.15, -0.1) is 23.1 Å². The fourth-order valence-corrected chi connectivity index (χ4v) is 6.12. The maximum Gasteiger partial charge on any atom is 0.352 e. The first-order valence-corrected chi connectivity index (χ1v) is 13.5. The number of oxime groups is 1. The second kappa shape index (κ2) is 10.8. The Hall–Kier alpha value is -4.37. The standard InChI is InChI=1S/C24H22N6O7S2/c1-36-15-4-2-14(3-5-15)29-7-6-12(20(29)32)8-13-10-38-22-18(21(33)30(22)19(13)23(34)35)27-16(31)9-26-37-17-11-39-24(25)28-17/h2-5,8-9,11,18,22H,6-7,10H2,1H3,(H2,25,28)(H,27,31)(H,34,35)/b12-8+,26-9+. The lowest BCUT2D eigenvalue weighted by Crippen LogP contribution is -2.70. The number of amides is 3. The van der Waals surface area contributed by atoms with Gasteiger partial charge in [-0.25, -0.2) is 4.79 Å². The van der Waals surface area contributed by atoms with Gasteiger partial charge in [0.05, 0.1) is 12.5 Å². The number of hydrogen-bond acceptors (Lipinski definition) is 11. The molecule has 0 spiro atoms. The fourth-order valence-electron chi connectivity index (χ4n) is 4.35. The van der Waals surface area contributed by atoms with Crippen LogP contribution in [0.15, 0.2) is 57.7 Å². The van der Waals surface area contributed by atoms with E-state index in [1.54, 1.807) is 42.4 Å². The van der Waals surface area contributed by atoms with Gasteiger partial charge in [-0.3, -0.25) is 19.3 Å². The number of carbonyl (C=O) groups is 4. The van der Waals surface area contributed by atoms with Gasteiger partial charge >= 0.3 is 5.97 Å². The molecule has 0 saturated carbocycles. The molecule has 3 aliphatic rings. The summed E-state index contributed by atoms with van der Waals surface area (Å²) in [6.07, 6.45) is 2.84. The Bertz CT molecular complexity index is 1430. The van der Waals surface area contributed by atoms with Crippen molar-refractivity contribution in [3.05, 3.63) is 52.6 Å². The third-order valence-electron chi connectivity index (χ3n) is 6.17. The lowest BCUT2D eigenvalue weighted by molar-refractivity contribution is -0.150. The number of nitrogen functional groups attached to an aromatic ring is 1. The predicted molar refractivity (Wildman–Crippen MR) is 143 cm³/mol. The highest BCUT2D eigenvalue weighted by atomic mass is 32.2. The van der Waals surface area contributed by atoms with Gasteiger partial charge in [0.2, 0.25) is 0 Å². The molecule has 3 aliphatic heterocycles. The van der Waals surface area contributed by atoms with Gasteiger partial charge < -0.3 is 30.6 Å². The molecule has 0 aliphatic carbocycles. The van der Waals surface area contributed by atoms with Crippen molar-refractivity contribution in [3.63, 3.8) is 0 Å². The average molecular weight is 571 g/mol. The van der Waals surface area contributed by atoms with E-state index in [0.29, 0.717) is 35.5 Å². The van der Waals surface area contributed by atoms with Crippen molar-refractivity contribution < 1.29 is 33.9 Å². The molecular formula is C24H22N6O7S2. The van der Waals surface area contributed by atoms with Gasteiger partial charge in [-0.05, 0) is 42.3 Å². The number of nitrogens with one attached hydrogen (secondary N) is 1. The number of carboxylic acids is 1. The van der Waals surface area contributed by atoms with Crippen molar-refractivity contribution in [2.45, 2.75) is 17.8 Å². The number of methoxy groups -OCH3 is 1. The molecule has 5 rings (SSSR count). The quantitative estimate of drug-likeness (QED) is 0.181.